The lowest BCUT2D eigenvalue weighted by atomic mass is 10.0. The molecule has 382 valence electrons. The predicted molar refractivity (Wildman–Crippen MR) is 283 cm³/mol. The van der Waals surface area contributed by atoms with Gasteiger partial charge in [0.2, 0.25) is 5.91 Å². The third kappa shape index (κ3) is 51.3. The molecule has 0 saturated carbocycles. The molecule has 2 atom stereocenters. The molecule has 3 N–H and O–H groups in total. The largest absolute Gasteiger partial charge is 0.466 e. The Balaban J connectivity index is 3.49. The minimum absolute atomic E-state index is 0.0245. The SMILES string of the molecule is CCCC/C=C\CCCCCCCC(=O)OCCCCC/C=C\C=C/CCCCCCCCCCCCC(=O)NC(CO)C(O)CCCCCCCCCCCCCCCCCCCC. The summed E-state index contributed by atoms with van der Waals surface area (Å²) in [5, 5.41) is 23.3. The number of allylic oxidation sites excluding steroid dienone is 6. The van der Waals surface area contributed by atoms with Crippen LogP contribution in [0.25, 0.3) is 0 Å². The molecule has 0 aliphatic carbocycles. The molecule has 0 radical (unpaired) electrons. The van der Waals surface area contributed by atoms with Crippen molar-refractivity contribution in [3.05, 3.63) is 36.5 Å². The zero-order chi connectivity index (χ0) is 47.2. The van der Waals surface area contributed by atoms with Crippen molar-refractivity contribution in [3.8, 4) is 0 Å². The number of esters is 1. The van der Waals surface area contributed by atoms with E-state index in [0.29, 0.717) is 25.9 Å². The van der Waals surface area contributed by atoms with Crippen molar-refractivity contribution in [3.63, 3.8) is 0 Å². The van der Waals surface area contributed by atoms with Gasteiger partial charge in [-0.05, 0) is 77.0 Å². The number of carbonyl (C=O) groups excluding carboxylic acids is 2. The van der Waals surface area contributed by atoms with Crippen LogP contribution in [0, 0.1) is 0 Å². The van der Waals surface area contributed by atoms with Crippen molar-refractivity contribution < 1.29 is 24.5 Å². The zero-order valence-electron chi connectivity index (χ0n) is 43.5. The van der Waals surface area contributed by atoms with E-state index in [-0.39, 0.29) is 18.5 Å². The first-order valence-electron chi connectivity index (χ1n) is 28.8. The van der Waals surface area contributed by atoms with E-state index in [4.69, 9.17) is 4.74 Å². The molecule has 0 fully saturated rings. The average molecular weight is 915 g/mol. The molecule has 2 unspecified atom stereocenters. The van der Waals surface area contributed by atoms with Gasteiger partial charge >= 0.3 is 5.97 Å². The van der Waals surface area contributed by atoms with E-state index in [1.807, 2.05) is 0 Å². The van der Waals surface area contributed by atoms with Gasteiger partial charge < -0.3 is 20.3 Å². The van der Waals surface area contributed by atoms with Crippen LogP contribution in [0.2, 0.25) is 0 Å². The van der Waals surface area contributed by atoms with Crippen LogP contribution < -0.4 is 5.32 Å². The fourth-order valence-electron chi connectivity index (χ4n) is 8.73. The first-order valence-corrected chi connectivity index (χ1v) is 28.8. The minimum Gasteiger partial charge on any atom is -0.466 e. The fourth-order valence-corrected chi connectivity index (χ4v) is 8.73. The Bertz CT molecular complexity index is 1060. The van der Waals surface area contributed by atoms with Gasteiger partial charge in [0.25, 0.3) is 0 Å². The Morgan fingerprint density at radius 1 is 0.431 bits per heavy atom. The van der Waals surface area contributed by atoms with E-state index in [1.165, 1.54) is 199 Å². The fraction of sp³-hybridized carbons (Fsp3) is 0.864. The summed E-state index contributed by atoms with van der Waals surface area (Å²) in [4.78, 5) is 24.5. The molecule has 0 aliphatic rings. The highest BCUT2D eigenvalue weighted by Gasteiger charge is 2.20. The van der Waals surface area contributed by atoms with Crippen molar-refractivity contribution in [2.45, 2.75) is 315 Å². The summed E-state index contributed by atoms with van der Waals surface area (Å²) in [5.41, 5.74) is 0. The molecular formula is C59H111NO5. The van der Waals surface area contributed by atoms with Crippen molar-refractivity contribution in [1.29, 1.82) is 0 Å². The second kappa shape index (κ2) is 54.7. The van der Waals surface area contributed by atoms with Crippen LogP contribution in [0.1, 0.15) is 303 Å². The molecule has 6 heteroatoms. The summed E-state index contributed by atoms with van der Waals surface area (Å²) < 4.78 is 5.42. The molecule has 0 saturated heterocycles. The van der Waals surface area contributed by atoms with E-state index in [1.54, 1.807) is 0 Å². The quantitative estimate of drug-likeness (QED) is 0.0244. The van der Waals surface area contributed by atoms with Crippen LogP contribution in [-0.2, 0) is 14.3 Å². The third-order valence-electron chi connectivity index (χ3n) is 13.2. The van der Waals surface area contributed by atoms with Gasteiger partial charge in [0.15, 0.2) is 0 Å². The van der Waals surface area contributed by atoms with Crippen molar-refractivity contribution in [2.24, 2.45) is 0 Å². The summed E-state index contributed by atoms with van der Waals surface area (Å²) in [6.45, 7) is 4.88. The highest BCUT2D eigenvalue weighted by atomic mass is 16.5. The van der Waals surface area contributed by atoms with Crippen molar-refractivity contribution >= 4 is 11.9 Å². The number of ether oxygens (including phenoxy) is 1. The number of aliphatic hydroxyl groups excluding tert-OH is 2. The number of aliphatic hydroxyl groups is 2. The first kappa shape index (κ1) is 63.1. The molecule has 0 aliphatic heterocycles. The van der Waals surface area contributed by atoms with E-state index < -0.39 is 12.1 Å². The topological polar surface area (TPSA) is 95.9 Å². The molecule has 6 nitrogen and oxygen atoms in total. The molecular weight excluding hydrogens is 803 g/mol. The Morgan fingerprint density at radius 3 is 1.23 bits per heavy atom. The number of hydrogen-bond donors (Lipinski definition) is 3. The van der Waals surface area contributed by atoms with Crippen LogP contribution in [0.4, 0.5) is 0 Å². The summed E-state index contributed by atoms with van der Waals surface area (Å²) in [6.07, 6.45) is 67.1. The average Bonchev–Trinajstić information content (AvgIpc) is 3.31. The maximum absolute atomic E-state index is 12.5. The van der Waals surface area contributed by atoms with Crippen LogP contribution in [0.5, 0.6) is 0 Å². The van der Waals surface area contributed by atoms with Crippen molar-refractivity contribution in [1.82, 2.24) is 5.32 Å². The van der Waals surface area contributed by atoms with Crippen LogP contribution in [0.3, 0.4) is 0 Å². The number of amides is 1. The third-order valence-corrected chi connectivity index (χ3v) is 13.2. The standard InChI is InChI=1S/C59H111NO5/c1-3-5-7-9-11-13-15-16-17-18-22-25-28-32-35-39-43-47-51-57(62)56(55-61)60-58(63)52-48-44-40-36-33-29-26-23-20-19-21-24-27-30-34-38-42-46-50-54-65-59(64)53-49-45-41-37-31-14-12-10-8-6-4-2/h10,12,24,27,30,34,56-57,61-62H,3-9,11,13-23,25-26,28-29,31-33,35-55H2,1-2H3,(H,60,63)/b12-10-,27-24-,34-30-. The maximum Gasteiger partial charge on any atom is 0.305 e. The van der Waals surface area contributed by atoms with Gasteiger partial charge in [0.05, 0.1) is 25.4 Å². The summed E-state index contributed by atoms with van der Waals surface area (Å²) in [6, 6.07) is -0.550. The van der Waals surface area contributed by atoms with Gasteiger partial charge in [0.1, 0.15) is 0 Å². The molecule has 0 aromatic carbocycles. The Hall–Kier alpha value is -1.92. The number of carbonyl (C=O) groups is 2. The van der Waals surface area contributed by atoms with Crippen LogP contribution >= 0.6 is 0 Å². The van der Waals surface area contributed by atoms with Gasteiger partial charge in [-0.1, -0.05) is 249 Å². The lowest BCUT2D eigenvalue weighted by molar-refractivity contribution is -0.143. The molecule has 0 rings (SSSR count). The smallest absolute Gasteiger partial charge is 0.305 e. The normalized spacial score (nSPS) is 12.9. The molecule has 0 spiro atoms. The highest BCUT2D eigenvalue weighted by Crippen LogP contribution is 2.17. The van der Waals surface area contributed by atoms with Gasteiger partial charge in [0, 0.05) is 12.8 Å². The second-order valence-corrected chi connectivity index (χ2v) is 19.6. The molecule has 1 amide bonds. The Morgan fingerprint density at radius 2 is 0.785 bits per heavy atom. The van der Waals surface area contributed by atoms with Gasteiger partial charge in [-0.3, -0.25) is 9.59 Å². The number of rotatable bonds is 53. The summed E-state index contributed by atoms with van der Waals surface area (Å²) in [7, 11) is 0. The molecule has 0 aromatic rings. The highest BCUT2D eigenvalue weighted by molar-refractivity contribution is 5.76. The maximum atomic E-state index is 12.5. The minimum atomic E-state index is -0.672. The lowest BCUT2D eigenvalue weighted by Gasteiger charge is -2.22. The number of nitrogens with one attached hydrogen (secondary N) is 1. The summed E-state index contributed by atoms with van der Waals surface area (Å²) in [5.74, 6) is -0.0680. The molecule has 0 aromatic heterocycles. The van der Waals surface area contributed by atoms with Crippen LogP contribution in [0.15, 0.2) is 36.5 Å². The lowest BCUT2D eigenvalue weighted by Crippen LogP contribution is -2.45. The van der Waals surface area contributed by atoms with E-state index in [2.05, 4.69) is 55.6 Å². The van der Waals surface area contributed by atoms with Gasteiger partial charge in [-0.2, -0.15) is 0 Å². The molecule has 65 heavy (non-hydrogen) atoms. The zero-order valence-corrected chi connectivity index (χ0v) is 43.5. The number of unbranched alkanes of at least 4 members (excludes halogenated alkanes) is 37. The van der Waals surface area contributed by atoms with Gasteiger partial charge in [-0.25, -0.2) is 0 Å². The first-order chi connectivity index (χ1) is 32.0. The van der Waals surface area contributed by atoms with E-state index in [9.17, 15) is 19.8 Å². The monoisotopic (exact) mass is 914 g/mol. The summed E-state index contributed by atoms with van der Waals surface area (Å²) >= 11 is 0. The Kier molecular flexibility index (Phi) is 53.1. The Labute approximate surface area is 404 Å². The molecule has 0 heterocycles. The van der Waals surface area contributed by atoms with Crippen molar-refractivity contribution in [2.75, 3.05) is 13.2 Å². The molecule has 0 bridgehead atoms. The number of hydrogen-bond acceptors (Lipinski definition) is 5. The van der Waals surface area contributed by atoms with E-state index in [0.717, 1.165) is 70.6 Å². The van der Waals surface area contributed by atoms with Gasteiger partial charge in [-0.15, -0.1) is 0 Å². The predicted octanol–water partition coefficient (Wildman–Crippen LogP) is 17.6. The van der Waals surface area contributed by atoms with E-state index >= 15 is 0 Å². The van der Waals surface area contributed by atoms with Crippen LogP contribution in [-0.4, -0.2) is 47.4 Å². The second-order valence-electron chi connectivity index (χ2n) is 19.6.